The molecular formula is C23H26BN5S. The Morgan fingerprint density at radius 3 is 2.77 bits per heavy atom. The fraction of sp³-hybridized carbons (Fsp3) is 0.435. The number of fused-ring (bicyclic) bond motifs is 1. The quantitative estimate of drug-likeness (QED) is 0.337. The van der Waals surface area contributed by atoms with E-state index < -0.39 is 0 Å². The second-order valence-corrected chi connectivity index (χ2v) is 9.73. The Kier molecular flexibility index (Phi) is 5.19. The number of hydrogen-bond donors (Lipinski definition) is 0. The summed E-state index contributed by atoms with van der Waals surface area (Å²) in [5.74, 6) is 2.74. The maximum atomic E-state index is 5.86. The van der Waals surface area contributed by atoms with E-state index in [1.54, 1.807) is 11.8 Å². The second kappa shape index (κ2) is 7.86. The van der Waals surface area contributed by atoms with E-state index in [1.807, 2.05) is 38.4 Å². The molecule has 0 bridgehead atoms. The molecule has 1 aliphatic carbocycles. The number of rotatable bonds is 7. The Balaban J connectivity index is 1.12. The van der Waals surface area contributed by atoms with Gasteiger partial charge in [-0.15, -0.1) is 10.2 Å². The third-order valence-corrected chi connectivity index (χ3v) is 7.66. The summed E-state index contributed by atoms with van der Waals surface area (Å²) in [4.78, 5) is 7.00. The van der Waals surface area contributed by atoms with Gasteiger partial charge in [-0.1, -0.05) is 41.5 Å². The van der Waals surface area contributed by atoms with E-state index in [9.17, 15) is 0 Å². The number of thioether (sulfide) groups is 1. The average molecular weight is 415 g/mol. The van der Waals surface area contributed by atoms with Crippen LogP contribution in [0.25, 0.3) is 11.4 Å². The van der Waals surface area contributed by atoms with Gasteiger partial charge in [0.2, 0.25) is 0 Å². The number of pyridine rings is 1. The van der Waals surface area contributed by atoms with Crippen LogP contribution in [0, 0.1) is 12.8 Å². The van der Waals surface area contributed by atoms with Crippen molar-refractivity contribution < 1.29 is 0 Å². The SMILES string of the molecule is [B]c1ccc(C23CC2CN(CCCSc2nnc(-c4ccc(C)nc4)n2C)C3)cc1. The van der Waals surface area contributed by atoms with Crippen LogP contribution < -0.4 is 5.46 Å². The van der Waals surface area contributed by atoms with Crippen molar-refractivity contribution in [3.05, 3.63) is 53.9 Å². The molecule has 30 heavy (non-hydrogen) atoms. The Bertz CT molecular complexity index is 1030. The first-order chi connectivity index (χ1) is 14.5. The van der Waals surface area contributed by atoms with Gasteiger partial charge in [0.25, 0.3) is 0 Å². The van der Waals surface area contributed by atoms with Gasteiger partial charge in [0.1, 0.15) is 7.85 Å². The van der Waals surface area contributed by atoms with Gasteiger partial charge >= 0.3 is 0 Å². The molecule has 152 valence electrons. The zero-order valence-corrected chi connectivity index (χ0v) is 18.4. The van der Waals surface area contributed by atoms with Crippen LogP contribution >= 0.6 is 11.8 Å². The maximum absolute atomic E-state index is 5.86. The number of hydrogen-bond acceptors (Lipinski definition) is 5. The lowest BCUT2D eigenvalue weighted by atomic mass is 9.89. The van der Waals surface area contributed by atoms with Crippen molar-refractivity contribution in [1.29, 1.82) is 0 Å². The topological polar surface area (TPSA) is 46.8 Å². The maximum Gasteiger partial charge on any atom is 0.191 e. The van der Waals surface area contributed by atoms with Crippen molar-refractivity contribution >= 4 is 25.1 Å². The minimum Gasteiger partial charge on any atom is -0.305 e. The largest absolute Gasteiger partial charge is 0.305 e. The Morgan fingerprint density at radius 1 is 1.17 bits per heavy atom. The summed E-state index contributed by atoms with van der Waals surface area (Å²) in [7, 11) is 7.89. The summed E-state index contributed by atoms with van der Waals surface area (Å²) < 4.78 is 2.07. The molecule has 3 aromatic rings. The van der Waals surface area contributed by atoms with Crippen LogP contribution in [0.2, 0.25) is 0 Å². The zero-order valence-electron chi connectivity index (χ0n) is 17.6. The first-order valence-electron chi connectivity index (χ1n) is 10.6. The molecule has 0 amide bonds. The molecule has 3 heterocycles. The lowest BCUT2D eigenvalue weighted by Gasteiger charge is -2.21. The van der Waals surface area contributed by atoms with Gasteiger partial charge in [-0.05, 0) is 49.9 Å². The molecule has 1 saturated carbocycles. The summed E-state index contributed by atoms with van der Waals surface area (Å²) in [5, 5.41) is 9.72. The van der Waals surface area contributed by atoms with Crippen molar-refractivity contribution in [2.45, 2.75) is 30.3 Å². The monoisotopic (exact) mass is 415 g/mol. The molecule has 0 spiro atoms. The van der Waals surface area contributed by atoms with E-state index in [0.29, 0.717) is 5.41 Å². The Labute approximate surface area is 183 Å². The third kappa shape index (κ3) is 3.69. The number of likely N-dealkylation sites (tertiary alicyclic amines) is 1. The van der Waals surface area contributed by atoms with E-state index in [4.69, 9.17) is 7.85 Å². The van der Waals surface area contributed by atoms with Gasteiger partial charge in [-0.2, -0.15) is 0 Å². The number of piperidine rings is 1. The predicted octanol–water partition coefficient (Wildman–Crippen LogP) is 2.74. The minimum absolute atomic E-state index is 0.390. The molecule has 1 aromatic carbocycles. The van der Waals surface area contributed by atoms with Crippen molar-refractivity contribution in [2.75, 3.05) is 25.4 Å². The van der Waals surface area contributed by atoms with Gasteiger partial charge in [-0.25, -0.2) is 0 Å². The van der Waals surface area contributed by atoms with Crippen LogP contribution in [0.4, 0.5) is 0 Å². The van der Waals surface area contributed by atoms with Crippen molar-refractivity contribution in [2.24, 2.45) is 13.0 Å². The lowest BCUT2D eigenvalue weighted by molar-refractivity contribution is 0.299. The highest BCUT2D eigenvalue weighted by atomic mass is 32.2. The Morgan fingerprint density at radius 2 is 2.00 bits per heavy atom. The van der Waals surface area contributed by atoms with Gasteiger partial charge in [-0.3, -0.25) is 4.98 Å². The van der Waals surface area contributed by atoms with Crippen LogP contribution in [0.5, 0.6) is 0 Å². The van der Waals surface area contributed by atoms with Crippen LogP contribution in [0.3, 0.4) is 0 Å². The number of aryl methyl sites for hydroxylation is 1. The number of nitrogens with zero attached hydrogens (tertiary/aromatic N) is 5. The van der Waals surface area contributed by atoms with E-state index in [0.717, 1.165) is 52.3 Å². The van der Waals surface area contributed by atoms with E-state index in [2.05, 4.69) is 42.8 Å². The van der Waals surface area contributed by atoms with Crippen molar-refractivity contribution in [3.63, 3.8) is 0 Å². The average Bonchev–Trinajstić information content (AvgIpc) is 3.12. The van der Waals surface area contributed by atoms with Crippen LogP contribution in [-0.4, -0.2) is 57.9 Å². The molecule has 5 nitrogen and oxygen atoms in total. The fourth-order valence-electron chi connectivity index (χ4n) is 4.76. The predicted molar refractivity (Wildman–Crippen MR) is 122 cm³/mol. The molecule has 0 N–H and O–H groups in total. The normalized spacial score (nSPS) is 22.9. The number of benzene rings is 1. The van der Waals surface area contributed by atoms with E-state index >= 15 is 0 Å². The molecule has 2 radical (unpaired) electrons. The van der Waals surface area contributed by atoms with Gasteiger partial charge in [0, 0.05) is 48.8 Å². The first-order valence-corrected chi connectivity index (χ1v) is 11.6. The molecule has 5 rings (SSSR count). The molecule has 7 heteroatoms. The molecule has 2 aliphatic rings. The van der Waals surface area contributed by atoms with Gasteiger partial charge in [0.15, 0.2) is 11.0 Å². The minimum atomic E-state index is 0.390. The standard InChI is InChI=1S/C23H26BN5S/c1-16-4-5-17(13-25-16)21-26-27-22(28(21)2)30-11-3-10-29-14-19-12-23(19,15-29)18-6-8-20(24)9-7-18/h4-9,13,19H,3,10-12,14-15H2,1-2H3. The molecule has 2 aromatic heterocycles. The van der Waals surface area contributed by atoms with Gasteiger partial charge < -0.3 is 9.47 Å². The second-order valence-electron chi connectivity index (χ2n) is 8.67. The summed E-state index contributed by atoms with van der Waals surface area (Å²) in [6.07, 6.45) is 4.35. The highest BCUT2D eigenvalue weighted by Crippen LogP contribution is 2.58. The fourth-order valence-corrected chi connectivity index (χ4v) is 5.60. The molecule has 1 aliphatic heterocycles. The summed E-state index contributed by atoms with van der Waals surface area (Å²) >= 11 is 1.79. The highest BCUT2D eigenvalue weighted by molar-refractivity contribution is 7.99. The lowest BCUT2D eigenvalue weighted by Crippen LogP contribution is -2.28. The summed E-state index contributed by atoms with van der Waals surface area (Å²) in [6.45, 7) is 5.54. The molecular weight excluding hydrogens is 389 g/mol. The van der Waals surface area contributed by atoms with Gasteiger partial charge in [0.05, 0.1) is 0 Å². The molecule has 2 unspecified atom stereocenters. The van der Waals surface area contributed by atoms with Crippen LogP contribution in [0.15, 0.2) is 47.8 Å². The third-order valence-electron chi connectivity index (χ3n) is 6.56. The molecule has 2 fully saturated rings. The van der Waals surface area contributed by atoms with Crippen LogP contribution in [0.1, 0.15) is 24.1 Å². The number of aromatic nitrogens is 4. The molecule has 2 atom stereocenters. The first kappa shape index (κ1) is 19.8. The highest BCUT2D eigenvalue weighted by Gasteiger charge is 2.60. The van der Waals surface area contributed by atoms with E-state index in [1.165, 1.54) is 25.1 Å². The smallest absolute Gasteiger partial charge is 0.191 e. The van der Waals surface area contributed by atoms with E-state index in [-0.39, 0.29) is 0 Å². The van der Waals surface area contributed by atoms with Crippen molar-refractivity contribution in [3.8, 4) is 11.4 Å². The Hall–Kier alpha value is -2.12. The molecule has 1 saturated heterocycles. The summed E-state index contributed by atoms with van der Waals surface area (Å²) in [5.41, 5.74) is 4.72. The van der Waals surface area contributed by atoms with Crippen molar-refractivity contribution in [1.82, 2.24) is 24.6 Å². The zero-order chi connectivity index (χ0) is 20.7. The van der Waals surface area contributed by atoms with Crippen LogP contribution in [-0.2, 0) is 12.5 Å². The summed E-state index contributed by atoms with van der Waals surface area (Å²) in [6, 6.07) is 12.6.